The largest absolute Gasteiger partial charge is 0.271 e. The molecule has 8 nitrogen and oxygen atoms in total. The molecule has 0 saturated carbocycles. The summed E-state index contributed by atoms with van der Waals surface area (Å²) in [5, 5.41) is 24.7. The first-order valence-electron chi connectivity index (χ1n) is 9.28. The van der Waals surface area contributed by atoms with Crippen LogP contribution < -0.4 is 0 Å². The van der Waals surface area contributed by atoms with Crippen molar-refractivity contribution in [1.29, 1.82) is 0 Å². The molecule has 3 rings (SSSR count). The second kappa shape index (κ2) is 8.94. The second-order valence-corrected chi connectivity index (χ2v) is 7.01. The van der Waals surface area contributed by atoms with Crippen LogP contribution in [-0.4, -0.2) is 29.7 Å². The summed E-state index contributed by atoms with van der Waals surface area (Å²) < 4.78 is 3.47. The third kappa shape index (κ3) is 4.82. The van der Waals surface area contributed by atoms with Gasteiger partial charge in [-0.2, -0.15) is 5.10 Å². The molecule has 0 aliphatic carbocycles. The first kappa shape index (κ1) is 19.3. The molecule has 0 aliphatic heterocycles. The van der Waals surface area contributed by atoms with Gasteiger partial charge in [0.25, 0.3) is 5.69 Å². The van der Waals surface area contributed by atoms with Crippen molar-refractivity contribution in [3.63, 3.8) is 0 Å². The molecule has 0 N–H and O–H groups in total. The molecule has 0 unspecified atom stereocenters. The molecule has 0 radical (unpaired) electrons. The highest BCUT2D eigenvalue weighted by molar-refractivity contribution is 6.34. The molecule has 9 heteroatoms. The fourth-order valence-corrected chi connectivity index (χ4v) is 3.33. The first-order chi connectivity index (χ1) is 13.1. The Hall–Kier alpha value is -2.48. The minimum absolute atomic E-state index is 0.00652. The van der Waals surface area contributed by atoms with Crippen molar-refractivity contribution in [2.24, 2.45) is 0 Å². The maximum atomic E-state index is 11.0. The van der Waals surface area contributed by atoms with E-state index in [4.69, 9.17) is 11.6 Å². The van der Waals surface area contributed by atoms with Crippen molar-refractivity contribution in [1.82, 2.24) is 24.8 Å². The summed E-state index contributed by atoms with van der Waals surface area (Å²) in [5.74, 6) is 0. The lowest BCUT2D eigenvalue weighted by Crippen LogP contribution is -2.02. The highest BCUT2D eigenvalue weighted by atomic mass is 35.5. The van der Waals surface area contributed by atoms with Crippen LogP contribution in [-0.2, 0) is 13.1 Å². The van der Waals surface area contributed by atoms with E-state index in [0.29, 0.717) is 22.6 Å². The quantitative estimate of drug-likeness (QED) is 0.286. The van der Waals surface area contributed by atoms with Gasteiger partial charge in [0.05, 0.1) is 23.2 Å². The number of nitro groups is 1. The van der Waals surface area contributed by atoms with E-state index in [1.165, 1.54) is 44.2 Å². The number of nitro benzene ring substituents is 1. The van der Waals surface area contributed by atoms with Crippen LogP contribution in [0.4, 0.5) is 5.69 Å². The molecule has 3 aromatic rings. The molecule has 144 valence electrons. The van der Waals surface area contributed by atoms with Crippen molar-refractivity contribution in [3.8, 4) is 0 Å². The van der Waals surface area contributed by atoms with Gasteiger partial charge in [-0.3, -0.25) is 19.5 Å². The highest BCUT2D eigenvalue weighted by Gasteiger charge is 2.15. The second-order valence-electron chi connectivity index (χ2n) is 6.65. The third-order valence-electron chi connectivity index (χ3n) is 4.54. The van der Waals surface area contributed by atoms with Gasteiger partial charge in [-0.15, -0.1) is 5.10 Å². The van der Waals surface area contributed by atoms with E-state index in [-0.39, 0.29) is 5.69 Å². The van der Waals surface area contributed by atoms with Gasteiger partial charge < -0.3 is 0 Å². The number of halogens is 1. The van der Waals surface area contributed by atoms with Gasteiger partial charge in [-0.25, -0.2) is 0 Å². The number of hydrogen-bond donors (Lipinski definition) is 0. The van der Waals surface area contributed by atoms with Crippen molar-refractivity contribution in [3.05, 3.63) is 45.4 Å². The van der Waals surface area contributed by atoms with E-state index in [2.05, 4.69) is 22.3 Å². The van der Waals surface area contributed by atoms with Gasteiger partial charge in [0, 0.05) is 24.1 Å². The van der Waals surface area contributed by atoms with Gasteiger partial charge in [0.2, 0.25) is 0 Å². The van der Waals surface area contributed by atoms with Crippen molar-refractivity contribution in [2.45, 2.75) is 58.5 Å². The molecular weight excluding hydrogens is 368 g/mol. The zero-order valence-corrected chi connectivity index (χ0v) is 16.1. The summed E-state index contributed by atoms with van der Waals surface area (Å²) in [7, 11) is 0. The summed E-state index contributed by atoms with van der Waals surface area (Å²) >= 11 is 6.16. The van der Waals surface area contributed by atoms with Gasteiger partial charge in [-0.1, -0.05) is 55.8 Å². The number of fused-ring (bicyclic) bond motifs is 1. The Labute approximate surface area is 162 Å². The third-order valence-corrected chi connectivity index (χ3v) is 4.82. The number of aryl methyl sites for hydroxylation is 1. The van der Waals surface area contributed by atoms with Crippen LogP contribution >= 0.6 is 11.6 Å². The topological polar surface area (TPSA) is 91.7 Å². The van der Waals surface area contributed by atoms with Crippen molar-refractivity contribution < 1.29 is 4.92 Å². The van der Waals surface area contributed by atoms with Crippen LogP contribution in [0.2, 0.25) is 5.15 Å². The van der Waals surface area contributed by atoms with E-state index in [1.807, 2.05) is 10.9 Å². The molecular formula is C18H23ClN6O2. The number of rotatable bonds is 10. The average molecular weight is 391 g/mol. The smallest absolute Gasteiger partial charge is 0.258 e. The number of unbranched alkanes of at least 4 members (excludes halogenated alkanes) is 5. The Morgan fingerprint density at radius 2 is 1.96 bits per heavy atom. The van der Waals surface area contributed by atoms with Crippen LogP contribution in [0.25, 0.3) is 10.9 Å². The van der Waals surface area contributed by atoms with Gasteiger partial charge in [0.1, 0.15) is 5.69 Å². The van der Waals surface area contributed by atoms with Gasteiger partial charge >= 0.3 is 0 Å². The Morgan fingerprint density at radius 3 is 2.74 bits per heavy atom. The summed E-state index contributed by atoms with van der Waals surface area (Å²) in [6, 6.07) is 4.53. The predicted octanol–water partition coefficient (Wildman–Crippen LogP) is 4.60. The normalized spacial score (nSPS) is 11.3. The van der Waals surface area contributed by atoms with E-state index >= 15 is 0 Å². The fraction of sp³-hybridized carbons (Fsp3) is 0.500. The summed E-state index contributed by atoms with van der Waals surface area (Å²) in [6.45, 7) is 3.41. The molecule has 0 fully saturated rings. The van der Waals surface area contributed by atoms with E-state index in [1.54, 1.807) is 10.7 Å². The zero-order valence-electron chi connectivity index (χ0n) is 15.3. The van der Waals surface area contributed by atoms with Gasteiger partial charge in [-0.05, 0) is 12.5 Å². The number of non-ortho nitro benzene ring substituents is 1. The summed E-state index contributed by atoms with van der Waals surface area (Å²) in [5.41, 5.74) is 1.36. The van der Waals surface area contributed by atoms with E-state index in [9.17, 15) is 10.1 Å². The lowest BCUT2D eigenvalue weighted by molar-refractivity contribution is -0.384. The van der Waals surface area contributed by atoms with Crippen LogP contribution in [0.3, 0.4) is 0 Å². The number of nitrogens with zero attached hydrogens (tertiary/aromatic N) is 6. The molecule has 1 aromatic carbocycles. The minimum Gasteiger partial charge on any atom is -0.258 e. The molecule has 0 bridgehead atoms. The monoisotopic (exact) mass is 390 g/mol. The Bertz CT molecular complexity index is 920. The molecule has 27 heavy (non-hydrogen) atoms. The van der Waals surface area contributed by atoms with Crippen LogP contribution in [0, 0.1) is 10.1 Å². The standard InChI is InChI=1S/C18H23ClN6O2/c1-2-3-4-5-6-7-10-23-12-14(20-22-23)13-24-17-11-15(25(26)27)8-9-16(17)18(19)21-24/h8-9,11-12H,2-7,10,13H2,1H3. The minimum atomic E-state index is -0.429. The predicted molar refractivity (Wildman–Crippen MR) is 104 cm³/mol. The fourth-order valence-electron chi connectivity index (χ4n) is 3.08. The number of hydrogen-bond acceptors (Lipinski definition) is 5. The van der Waals surface area contributed by atoms with Crippen LogP contribution in [0.15, 0.2) is 24.4 Å². The molecule has 2 aromatic heterocycles. The maximum Gasteiger partial charge on any atom is 0.271 e. The van der Waals surface area contributed by atoms with Crippen molar-refractivity contribution in [2.75, 3.05) is 0 Å². The Kier molecular flexibility index (Phi) is 6.39. The van der Waals surface area contributed by atoms with Crippen molar-refractivity contribution >= 4 is 28.2 Å². The molecule has 0 saturated heterocycles. The van der Waals surface area contributed by atoms with Gasteiger partial charge in [0.15, 0.2) is 5.15 Å². The molecule has 0 aliphatic rings. The SMILES string of the molecule is CCCCCCCCn1cc(Cn2nc(Cl)c3ccc([N+](=O)[O-])cc32)nn1. The van der Waals surface area contributed by atoms with E-state index < -0.39 is 4.92 Å². The summed E-state index contributed by atoms with van der Waals surface area (Å²) in [6.07, 6.45) is 9.26. The van der Waals surface area contributed by atoms with Crippen LogP contribution in [0.1, 0.15) is 51.1 Å². The maximum absolute atomic E-state index is 11.0. The van der Waals surface area contributed by atoms with E-state index in [0.717, 1.165) is 18.7 Å². The number of benzene rings is 1. The Morgan fingerprint density at radius 1 is 1.19 bits per heavy atom. The van der Waals surface area contributed by atoms with Crippen LogP contribution in [0.5, 0.6) is 0 Å². The highest BCUT2D eigenvalue weighted by Crippen LogP contribution is 2.27. The molecule has 0 atom stereocenters. The first-order valence-corrected chi connectivity index (χ1v) is 9.65. The zero-order chi connectivity index (χ0) is 19.2. The average Bonchev–Trinajstić information content (AvgIpc) is 3.22. The lowest BCUT2D eigenvalue weighted by atomic mass is 10.1. The molecule has 0 spiro atoms. The molecule has 2 heterocycles. The Balaban J connectivity index is 1.65. The summed E-state index contributed by atoms with van der Waals surface area (Å²) in [4.78, 5) is 10.6. The molecule has 0 amide bonds. The lowest BCUT2D eigenvalue weighted by Gasteiger charge is -2.01. The number of aromatic nitrogens is 5.